The number of imidazole rings is 2. The first-order valence-corrected chi connectivity index (χ1v) is 6.71. The molecule has 0 spiro atoms. The van der Waals surface area contributed by atoms with E-state index in [1.54, 1.807) is 12.5 Å². The molecule has 0 aliphatic carbocycles. The number of hydrogen-bond acceptors (Lipinski definition) is 3. The molecule has 0 saturated heterocycles. The summed E-state index contributed by atoms with van der Waals surface area (Å²) >= 11 is 0. The zero-order valence-corrected chi connectivity index (χ0v) is 11.6. The Bertz CT molecular complexity index is 898. The van der Waals surface area contributed by atoms with Crippen LogP contribution in [0.4, 0.5) is 0 Å². The second-order valence-corrected chi connectivity index (χ2v) is 4.98. The van der Waals surface area contributed by atoms with Gasteiger partial charge in [-0.05, 0) is 18.2 Å². The van der Waals surface area contributed by atoms with E-state index in [1.165, 1.54) is 0 Å². The summed E-state index contributed by atoms with van der Waals surface area (Å²) in [4.78, 5) is 12.9. The van der Waals surface area contributed by atoms with Gasteiger partial charge in [0.2, 0.25) is 0 Å². The van der Waals surface area contributed by atoms with E-state index in [-0.39, 0.29) is 0 Å². The summed E-state index contributed by atoms with van der Waals surface area (Å²) < 4.78 is 6.15. The largest absolute Gasteiger partial charge is 0.336 e. The molecule has 0 amide bonds. The average Bonchev–Trinajstić information content (AvgIpc) is 3.20. The van der Waals surface area contributed by atoms with Crippen molar-refractivity contribution in [3.63, 3.8) is 0 Å². The minimum absolute atomic E-state index is 0.721. The predicted octanol–water partition coefficient (Wildman–Crippen LogP) is 2.00. The van der Waals surface area contributed by atoms with Crippen molar-refractivity contribution in [3.05, 3.63) is 61.3 Å². The van der Waals surface area contributed by atoms with Crippen LogP contribution in [-0.2, 0) is 13.6 Å². The number of nitrogens with zero attached hydrogens (tertiary/aromatic N) is 6. The molecule has 0 aromatic carbocycles. The molecular formula is C15H14N6. The average molecular weight is 278 g/mol. The molecule has 0 radical (unpaired) electrons. The summed E-state index contributed by atoms with van der Waals surface area (Å²) in [6.07, 6.45) is 11.2. The van der Waals surface area contributed by atoms with Crippen LogP contribution >= 0.6 is 0 Å². The van der Waals surface area contributed by atoms with Crippen LogP contribution in [0.15, 0.2) is 55.6 Å². The number of aryl methyl sites for hydroxylation is 1. The lowest BCUT2D eigenvalue weighted by molar-refractivity contribution is 0.705. The fourth-order valence-corrected chi connectivity index (χ4v) is 2.50. The van der Waals surface area contributed by atoms with Gasteiger partial charge in [-0.3, -0.25) is 4.57 Å². The topological polar surface area (TPSA) is 53.5 Å². The zero-order chi connectivity index (χ0) is 14.2. The summed E-state index contributed by atoms with van der Waals surface area (Å²) in [7, 11) is 1.99. The van der Waals surface area contributed by atoms with Crippen molar-refractivity contribution in [2.45, 2.75) is 6.54 Å². The number of rotatable bonds is 3. The smallest absolute Gasteiger partial charge is 0.145 e. The number of pyridine rings is 1. The van der Waals surface area contributed by atoms with Crippen molar-refractivity contribution < 1.29 is 0 Å². The van der Waals surface area contributed by atoms with E-state index in [4.69, 9.17) is 0 Å². The molecule has 104 valence electrons. The summed E-state index contributed by atoms with van der Waals surface area (Å²) in [6, 6.07) is 6.06. The van der Waals surface area contributed by atoms with E-state index in [9.17, 15) is 0 Å². The Labute approximate surface area is 121 Å². The molecule has 4 rings (SSSR count). The van der Waals surface area contributed by atoms with Gasteiger partial charge in [0.1, 0.15) is 11.5 Å². The first-order chi connectivity index (χ1) is 10.3. The number of aromatic nitrogens is 6. The van der Waals surface area contributed by atoms with Crippen molar-refractivity contribution in [2.75, 3.05) is 0 Å². The van der Waals surface area contributed by atoms with E-state index in [0.29, 0.717) is 0 Å². The van der Waals surface area contributed by atoms with Crippen LogP contribution in [0.25, 0.3) is 16.9 Å². The summed E-state index contributed by atoms with van der Waals surface area (Å²) in [6.45, 7) is 0.721. The standard InChI is InChI=1S/C15H14N6/c1-19-10-16-7-13(19)9-20-11-17-8-14(20)21-6-4-12-3-2-5-18-15(12)21/h2-8,10-11H,9H2,1H3. The second-order valence-electron chi connectivity index (χ2n) is 4.98. The van der Waals surface area contributed by atoms with Crippen LogP contribution in [0.2, 0.25) is 0 Å². The molecule has 21 heavy (non-hydrogen) atoms. The molecule has 6 heteroatoms. The lowest BCUT2D eigenvalue weighted by atomic mass is 10.3. The highest BCUT2D eigenvalue weighted by molar-refractivity contribution is 5.77. The Morgan fingerprint density at radius 2 is 2.00 bits per heavy atom. The van der Waals surface area contributed by atoms with Crippen LogP contribution in [0.5, 0.6) is 0 Å². The maximum absolute atomic E-state index is 4.46. The molecule has 0 aliphatic rings. The van der Waals surface area contributed by atoms with Crippen molar-refractivity contribution in [3.8, 4) is 5.82 Å². The third kappa shape index (κ3) is 1.92. The maximum Gasteiger partial charge on any atom is 0.145 e. The quantitative estimate of drug-likeness (QED) is 0.576. The Morgan fingerprint density at radius 3 is 2.86 bits per heavy atom. The molecule has 0 fully saturated rings. The fourth-order valence-electron chi connectivity index (χ4n) is 2.50. The van der Waals surface area contributed by atoms with Crippen molar-refractivity contribution in [1.82, 2.24) is 28.7 Å². The van der Waals surface area contributed by atoms with E-state index in [2.05, 4.69) is 36.2 Å². The number of hydrogen-bond donors (Lipinski definition) is 0. The zero-order valence-electron chi connectivity index (χ0n) is 11.6. The second kappa shape index (κ2) is 4.59. The predicted molar refractivity (Wildman–Crippen MR) is 79.2 cm³/mol. The molecule has 0 saturated carbocycles. The monoisotopic (exact) mass is 278 g/mol. The summed E-state index contributed by atoms with van der Waals surface area (Å²) in [5.74, 6) is 0.991. The molecule has 0 unspecified atom stereocenters. The Balaban J connectivity index is 1.80. The molecule has 0 atom stereocenters. The van der Waals surface area contributed by atoms with Gasteiger partial charge in [0.25, 0.3) is 0 Å². The summed E-state index contributed by atoms with van der Waals surface area (Å²) in [5.41, 5.74) is 2.06. The fraction of sp³-hybridized carbons (Fsp3) is 0.133. The van der Waals surface area contributed by atoms with Crippen LogP contribution in [0.1, 0.15) is 5.69 Å². The van der Waals surface area contributed by atoms with Gasteiger partial charge in [0, 0.05) is 31.0 Å². The van der Waals surface area contributed by atoms with E-state index in [1.807, 2.05) is 42.6 Å². The van der Waals surface area contributed by atoms with Crippen LogP contribution < -0.4 is 0 Å². The highest BCUT2D eigenvalue weighted by Gasteiger charge is 2.10. The lowest BCUT2D eigenvalue weighted by Crippen LogP contribution is -2.08. The van der Waals surface area contributed by atoms with Gasteiger partial charge < -0.3 is 9.13 Å². The van der Waals surface area contributed by atoms with Crippen molar-refractivity contribution >= 4 is 11.0 Å². The van der Waals surface area contributed by atoms with Gasteiger partial charge in [0.05, 0.1) is 31.1 Å². The van der Waals surface area contributed by atoms with Gasteiger partial charge in [0.15, 0.2) is 0 Å². The lowest BCUT2D eigenvalue weighted by Gasteiger charge is -2.10. The highest BCUT2D eigenvalue weighted by Crippen LogP contribution is 2.18. The number of fused-ring (bicyclic) bond motifs is 1. The third-order valence-electron chi connectivity index (χ3n) is 3.63. The van der Waals surface area contributed by atoms with Crippen LogP contribution in [0.3, 0.4) is 0 Å². The first-order valence-electron chi connectivity index (χ1n) is 6.71. The highest BCUT2D eigenvalue weighted by atomic mass is 15.2. The van der Waals surface area contributed by atoms with Gasteiger partial charge in [-0.15, -0.1) is 0 Å². The van der Waals surface area contributed by atoms with Gasteiger partial charge in [-0.1, -0.05) is 0 Å². The van der Waals surface area contributed by atoms with Crippen molar-refractivity contribution in [2.24, 2.45) is 7.05 Å². The molecular weight excluding hydrogens is 264 g/mol. The van der Waals surface area contributed by atoms with Crippen molar-refractivity contribution in [1.29, 1.82) is 0 Å². The third-order valence-corrected chi connectivity index (χ3v) is 3.63. The van der Waals surface area contributed by atoms with Gasteiger partial charge in [-0.25, -0.2) is 15.0 Å². The minimum atomic E-state index is 0.721. The SMILES string of the molecule is Cn1cncc1Cn1cncc1-n1ccc2cccnc21. The van der Waals surface area contributed by atoms with E-state index >= 15 is 0 Å². The Hall–Kier alpha value is -2.89. The maximum atomic E-state index is 4.46. The molecule has 6 nitrogen and oxygen atoms in total. The van der Waals surface area contributed by atoms with Gasteiger partial charge >= 0.3 is 0 Å². The van der Waals surface area contributed by atoms with Crippen LogP contribution in [-0.4, -0.2) is 28.7 Å². The first kappa shape index (κ1) is 11.9. The summed E-state index contributed by atoms with van der Waals surface area (Å²) in [5, 5.41) is 1.12. The normalized spacial score (nSPS) is 11.3. The Morgan fingerprint density at radius 1 is 1.10 bits per heavy atom. The molecule has 4 aromatic heterocycles. The van der Waals surface area contributed by atoms with Gasteiger partial charge in [-0.2, -0.15) is 0 Å². The molecule has 0 aliphatic heterocycles. The molecule has 4 heterocycles. The molecule has 0 N–H and O–H groups in total. The molecule has 4 aromatic rings. The van der Waals surface area contributed by atoms with Crippen LogP contribution in [0, 0.1) is 0 Å². The Kier molecular flexibility index (Phi) is 2.60. The molecule has 0 bridgehead atoms. The van der Waals surface area contributed by atoms with E-state index in [0.717, 1.165) is 29.1 Å². The van der Waals surface area contributed by atoms with E-state index < -0.39 is 0 Å². The minimum Gasteiger partial charge on any atom is -0.336 e.